The summed E-state index contributed by atoms with van der Waals surface area (Å²) in [6.45, 7) is 6.82. The van der Waals surface area contributed by atoms with Gasteiger partial charge in [0, 0.05) is 33.6 Å². The normalized spacial score (nSPS) is 11.3. The second kappa shape index (κ2) is 9.38. The summed E-state index contributed by atoms with van der Waals surface area (Å²) in [6, 6.07) is 11.2. The van der Waals surface area contributed by atoms with E-state index in [1.54, 1.807) is 23.9 Å². The molecule has 2 aromatic heterocycles. The molecule has 0 atom stereocenters. The lowest BCUT2D eigenvalue weighted by molar-refractivity contribution is -0.142. The molecule has 32 heavy (non-hydrogen) atoms. The molecule has 0 amide bonds. The molecule has 0 unspecified atom stereocenters. The number of aromatic nitrogens is 3. The van der Waals surface area contributed by atoms with E-state index in [-0.39, 0.29) is 17.4 Å². The third-order valence-electron chi connectivity index (χ3n) is 5.18. The summed E-state index contributed by atoms with van der Waals surface area (Å²) in [5.41, 5.74) is 2.96. The SMILES string of the molecule is CCOC(=O)Cc1cccc(Sc2c(C)n(-c3cnn(CC)c3)c3c(F)c(Cl)ccc23)c1. The first-order valence-electron chi connectivity index (χ1n) is 10.4. The van der Waals surface area contributed by atoms with E-state index < -0.39 is 5.82 Å². The van der Waals surface area contributed by atoms with Crippen LogP contribution in [0, 0.1) is 12.7 Å². The van der Waals surface area contributed by atoms with Crippen LogP contribution in [0.2, 0.25) is 5.02 Å². The molecule has 0 saturated heterocycles. The number of benzene rings is 2. The summed E-state index contributed by atoms with van der Waals surface area (Å²) in [7, 11) is 0. The summed E-state index contributed by atoms with van der Waals surface area (Å²) in [5.74, 6) is -0.716. The Hall–Kier alpha value is -2.77. The van der Waals surface area contributed by atoms with E-state index in [1.807, 2.05) is 54.9 Å². The van der Waals surface area contributed by atoms with Gasteiger partial charge in [0.15, 0.2) is 5.82 Å². The van der Waals surface area contributed by atoms with Crippen LogP contribution in [0.5, 0.6) is 0 Å². The molecule has 0 fully saturated rings. The predicted molar refractivity (Wildman–Crippen MR) is 125 cm³/mol. The number of hydrogen-bond donors (Lipinski definition) is 0. The number of carbonyl (C=O) groups is 1. The molecule has 8 heteroatoms. The van der Waals surface area contributed by atoms with Crippen molar-refractivity contribution in [1.29, 1.82) is 0 Å². The van der Waals surface area contributed by atoms with Crippen LogP contribution in [0.25, 0.3) is 16.6 Å². The Balaban J connectivity index is 1.80. The minimum Gasteiger partial charge on any atom is -0.466 e. The maximum Gasteiger partial charge on any atom is 0.310 e. The van der Waals surface area contributed by atoms with E-state index in [0.29, 0.717) is 12.1 Å². The number of hydrogen-bond acceptors (Lipinski definition) is 4. The van der Waals surface area contributed by atoms with Gasteiger partial charge in [0.2, 0.25) is 0 Å². The molecule has 2 aromatic carbocycles. The Morgan fingerprint density at radius 1 is 1.25 bits per heavy atom. The lowest BCUT2D eigenvalue weighted by Gasteiger charge is -2.07. The van der Waals surface area contributed by atoms with Crippen LogP contribution in [0.3, 0.4) is 0 Å². The molecular formula is C24H23ClFN3O2S. The number of nitrogens with zero attached hydrogens (tertiary/aromatic N) is 3. The summed E-state index contributed by atoms with van der Waals surface area (Å²) in [6.07, 6.45) is 3.83. The van der Waals surface area contributed by atoms with Gasteiger partial charge < -0.3 is 9.30 Å². The molecule has 0 aliphatic rings. The molecule has 0 aliphatic carbocycles. The van der Waals surface area contributed by atoms with Crippen LogP contribution >= 0.6 is 23.4 Å². The maximum absolute atomic E-state index is 15.2. The highest BCUT2D eigenvalue weighted by Gasteiger charge is 2.22. The van der Waals surface area contributed by atoms with Crippen LogP contribution < -0.4 is 0 Å². The Labute approximate surface area is 195 Å². The Morgan fingerprint density at radius 2 is 2.06 bits per heavy atom. The molecule has 166 valence electrons. The van der Waals surface area contributed by atoms with Gasteiger partial charge in [-0.1, -0.05) is 35.5 Å². The second-order valence-corrected chi connectivity index (χ2v) is 8.78. The third-order valence-corrected chi connectivity index (χ3v) is 6.68. The molecule has 0 spiro atoms. The zero-order valence-corrected chi connectivity index (χ0v) is 19.6. The van der Waals surface area contributed by atoms with Crippen molar-refractivity contribution >= 4 is 40.2 Å². The monoisotopic (exact) mass is 471 g/mol. The van der Waals surface area contributed by atoms with Crippen LogP contribution in [0.1, 0.15) is 25.1 Å². The number of ether oxygens (including phenoxy) is 1. The zero-order valence-electron chi connectivity index (χ0n) is 18.1. The van der Waals surface area contributed by atoms with Gasteiger partial charge in [-0.15, -0.1) is 0 Å². The highest BCUT2D eigenvalue weighted by molar-refractivity contribution is 7.99. The van der Waals surface area contributed by atoms with Crippen molar-refractivity contribution in [3.05, 3.63) is 70.9 Å². The van der Waals surface area contributed by atoms with Gasteiger partial charge in [-0.3, -0.25) is 9.48 Å². The molecule has 5 nitrogen and oxygen atoms in total. The molecule has 0 saturated carbocycles. The van der Waals surface area contributed by atoms with Gasteiger partial charge in [0.1, 0.15) is 0 Å². The van der Waals surface area contributed by atoms with Crippen LogP contribution in [-0.2, 0) is 22.5 Å². The highest BCUT2D eigenvalue weighted by Crippen LogP contribution is 2.41. The molecule has 0 radical (unpaired) electrons. The minimum atomic E-state index is -0.459. The molecule has 0 aliphatic heterocycles. The fourth-order valence-corrected chi connectivity index (χ4v) is 4.97. The number of fused-ring (bicyclic) bond motifs is 1. The van der Waals surface area contributed by atoms with E-state index >= 15 is 4.39 Å². The van der Waals surface area contributed by atoms with Crippen LogP contribution in [0.15, 0.2) is 58.6 Å². The molecule has 0 bridgehead atoms. The van der Waals surface area contributed by atoms with E-state index in [1.165, 1.54) is 11.8 Å². The number of aryl methyl sites for hydroxylation is 1. The zero-order chi connectivity index (χ0) is 22.8. The van der Waals surface area contributed by atoms with Crippen LogP contribution in [-0.4, -0.2) is 26.9 Å². The van der Waals surface area contributed by atoms with Crippen molar-refractivity contribution in [2.75, 3.05) is 6.61 Å². The first-order valence-corrected chi connectivity index (χ1v) is 11.6. The highest BCUT2D eigenvalue weighted by atomic mass is 35.5. The molecule has 4 rings (SSSR count). The topological polar surface area (TPSA) is 49.1 Å². The third kappa shape index (κ3) is 4.27. The average molecular weight is 472 g/mol. The van der Waals surface area contributed by atoms with Gasteiger partial charge in [0.25, 0.3) is 0 Å². The van der Waals surface area contributed by atoms with Crippen LogP contribution in [0.4, 0.5) is 4.39 Å². The van der Waals surface area contributed by atoms with Crippen molar-refractivity contribution in [3.8, 4) is 5.69 Å². The van der Waals surface area contributed by atoms with Crippen molar-refractivity contribution in [1.82, 2.24) is 14.3 Å². The van der Waals surface area contributed by atoms with Gasteiger partial charge in [-0.05, 0) is 50.6 Å². The second-order valence-electron chi connectivity index (χ2n) is 7.29. The van der Waals surface area contributed by atoms with Crippen molar-refractivity contribution < 1.29 is 13.9 Å². The molecule has 4 aromatic rings. The van der Waals surface area contributed by atoms with Crippen molar-refractivity contribution in [3.63, 3.8) is 0 Å². The summed E-state index contributed by atoms with van der Waals surface area (Å²) >= 11 is 7.67. The fraction of sp³-hybridized carbons (Fsp3) is 0.250. The van der Waals surface area contributed by atoms with Gasteiger partial charge >= 0.3 is 5.97 Å². The Bertz CT molecular complexity index is 1300. The lowest BCUT2D eigenvalue weighted by atomic mass is 10.1. The fourth-order valence-electron chi connectivity index (χ4n) is 3.71. The van der Waals surface area contributed by atoms with E-state index in [9.17, 15) is 4.79 Å². The summed E-state index contributed by atoms with van der Waals surface area (Å²) < 4.78 is 23.9. The first kappa shape index (κ1) is 22.4. The molecule has 2 heterocycles. The average Bonchev–Trinajstić information content (AvgIpc) is 3.34. The molecular weight excluding hydrogens is 449 g/mol. The van der Waals surface area contributed by atoms with Gasteiger partial charge in [-0.25, -0.2) is 4.39 Å². The van der Waals surface area contributed by atoms with E-state index in [2.05, 4.69) is 5.10 Å². The number of rotatable bonds is 7. The van der Waals surface area contributed by atoms with Gasteiger partial charge in [0.05, 0.1) is 35.5 Å². The minimum absolute atomic E-state index is 0.0760. The smallest absolute Gasteiger partial charge is 0.310 e. The quantitative estimate of drug-likeness (QED) is 0.301. The summed E-state index contributed by atoms with van der Waals surface area (Å²) in [5, 5.41) is 5.20. The Kier molecular flexibility index (Phi) is 6.58. The first-order chi connectivity index (χ1) is 15.4. The maximum atomic E-state index is 15.2. The predicted octanol–water partition coefficient (Wildman–Crippen LogP) is 6.20. The van der Waals surface area contributed by atoms with Crippen molar-refractivity contribution in [2.45, 2.75) is 43.5 Å². The Morgan fingerprint density at radius 3 is 2.78 bits per heavy atom. The lowest BCUT2D eigenvalue weighted by Crippen LogP contribution is -2.07. The standard InChI is InChI=1S/C24H23ClFN3O2S/c1-4-28-14-17(13-27-28)29-15(3)24(19-9-10-20(25)22(26)23(19)29)32-18-8-6-7-16(11-18)12-21(30)31-5-2/h6-11,13-14H,4-5,12H2,1-3H3. The number of halogens is 2. The number of carbonyl (C=O) groups excluding carboxylic acids is 1. The largest absolute Gasteiger partial charge is 0.466 e. The van der Waals surface area contributed by atoms with E-state index in [4.69, 9.17) is 16.3 Å². The van der Waals surface area contributed by atoms with Crippen molar-refractivity contribution in [2.24, 2.45) is 0 Å². The van der Waals surface area contributed by atoms with Gasteiger partial charge in [-0.2, -0.15) is 5.10 Å². The molecule has 0 N–H and O–H groups in total. The van der Waals surface area contributed by atoms with E-state index in [0.717, 1.165) is 38.7 Å². The number of esters is 1. The summed E-state index contributed by atoms with van der Waals surface area (Å²) in [4.78, 5) is 13.7.